The summed E-state index contributed by atoms with van der Waals surface area (Å²) in [6.45, 7) is 9.48. The lowest BCUT2D eigenvalue weighted by Gasteiger charge is -2.34. The Morgan fingerprint density at radius 3 is 2.76 bits per heavy atom. The van der Waals surface area contributed by atoms with Gasteiger partial charge in [-0.15, -0.1) is 0 Å². The molecule has 2 aliphatic rings. The topological polar surface area (TPSA) is 59.7 Å². The first-order chi connectivity index (χ1) is 13.8. The van der Waals surface area contributed by atoms with E-state index in [-0.39, 0.29) is 24.0 Å². The maximum Gasteiger partial charge on any atom is 0.248 e. The van der Waals surface area contributed by atoms with Gasteiger partial charge in [0.25, 0.3) is 0 Å². The normalized spacial score (nSPS) is 17.8. The van der Waals surface area contributed by atoms with Gasteiger partial charge in [-0.25, -0.2) is 4.98 Å². The molecular formula is C23H28N4O2. The average molecular weight is 393 g/mol. The molecule has 6 nitrogen and oxygen atoms in total. The number of rotatable bonds is 2. The van der Waals surface area contributed by atoms with Crippen LogP contribution in [0, 0.1) is 0 Å². The molecule has 2 aromatic rings. The number of benzene rings is 1. The standard InChI is InChI=1S/C23H28N4O2/c1-15(29-5)19-13-26(14-25-19)21-11-20-17-7-6-8-18(23(2,3)4)16(17)9-10-27(20)22(28)12-24-21/h6-8,11,13-15H,9-10,12H2,1-5H3/t15-/m1/s1. The molecular weight excluding hydrogens is 364 g/mol. The summed E-state index contributed by atoms with van der Waals surface area (Å²) in [5, 5.41) is 0. The molecule has 6 heteroatoms. The molecule has 0 spiro atoms. The van der Waals surface area contributed by atoms with Gasteiger partial charge in [-0.3, -0.25) is 14.4 Å². The molecule has 1 aromatic carbocycles. The van der Waals surface area contributed by atoms with E-state index in [1.54, 1.807) is 13.4 Å². The first-order valence-corrected chi connectivity index (χ1v) is 10.1. The Morgan fingerprint density at radius 1 is 1.24 bits per heavy atom. The van der Waals surface area contributed by atoms with Gasteiger partial charge in [-0.2, -0.15) is 0 Å². The number of hydrogen-bond acceptors (Lipinski definition) is 4. The third kappa shape index (κ3) is 3.53. The summed E-state index contributed by atoms with van der Waals surface area (Å²) in [5.41, 5.74) is 5.60. The highest BCUT2D eigenvalue weighted by atomic mass is 16.5. The Bertz CT molecular complexity index is 1010. The highest BCUT2D eigenvalue weighted by Gasteiger charge is 2.31. The minimum Gasteiger partial charge on any atom is -0.375 e. The van der Waals surface area contributed by atoms with Gasteiger partial charge in [0.2, 0.25) is 5.91 Å². The van der Waals surface area contributed by atoms with Crippen LogP contribution in [0.5, 0.6) is 0 Å². The van der Waals surface area contributed by atoms with Gasteiger partial charge in [0.05, 0.1) is 17.5 Å². The number of ether oxygens (including phenoxy) is 1. The number of carbonyl (C=O) groups is 1. The molecule has 1 atom stereocenters. The molecule has 0 unspecified atom stereocenters. The van der Waals surface area contributed by atoms with Crippen LogP contribution in [-0.4, -0.2) is 46.4 Å². The first-order valence-electron chi connectivity index (χ1n) is 10.1. The highest BCUT2D eigenvalue weighted by molar-refractivity contribution is 6.06. The van der Waals surface area contributed by atoms with Crippen molar-refractivity contribution in [3.05, 3.63) is 59.2 Å². The lowest BCUT2D eigenvalue weighted by molar-refractivity contribution is -0.126. The van der Waals surface area contributed by atoms with E-state index in [2.05, 4.69) is 48.9 Å². The third-order valence-corrected chi connectivity index (χ3v) is 5.72. The number of allylic oxidation sites excluding steroid dienone is 1. The summed E-state index contributed by atoms with van der Waals surface area (Å²) in [7, 11) is 1.66. The minimum absolute atomic E-state index is 0.0312. The molecule has 4 rings (SSSR count). The largest absolute Gasteiger partial charge is 0.375 e. The number of aromatic nitrogens is 2. The molecule has 0 fully saturated rings. The fraction of sp³-hybridized carbons (Fsp3) is 0.435. The van der Waals surface area contributed by atoms with Crippen molar-refractivity contribution in [2.45, 2.75) is 45.6 Å². The summed E-state index contributed by atoms with van der Waals surface area (Å²) < 4.78 is 7.23. The predicted molar refractivity (Wildman–Crippen MR) is 114 cm³/mol. The second-order valence-electron chi connectivity index (χ2n) is 8.66. The maximum absolute atomic E-state index is 12.8. The number of hydrogen-bond donors (Lipinski definition) is 0. The van der Waals surface area contributed by atoms with Crippen LogP contribution in [0.1, 0.15) is 56.2 Å². The van der Waals surface area contributed by atoms with Gasteiger partial charge < -0.3 is 9.64 Å². The van der Waals surface area contributed by atoms with E-state index in [9.17, 15) is 4.79 Å². The Labute approximate surface area is 171 Å². The van der Waals surface area contributed by atoms with E-state index in [1.165, 1.54) is 11.1 Å². The van der Waals surface area contributed by atoms with Crippen LogP contribution in [0.4, 0.5) is 0 Å². The van der Waals surface area contributed by atoms with E-state index in [0.717, 1.165) is 23.4 Å². The van der Waals surface area contributed by atoms with Crippen LogP contribution < -0.4 is 0 Å². The fourth-order valence-corrected chi connectivity index (χ4v) is 4.06. The fourth-order valence-electron chi connectivity index (χ4n) is 4.06. The van der Waals surface area contributed by atoms with Gasteiger partial charge in [0.1, 0.15) is 18.7 Å². The Kier molecular flexibility index (Phi) is 4.90. The summed E-state index contributed by atoms with van der Waals surface area (Å²) in [4.78, 5) is 23.7. The lowest BCUT2D eigenvalue weighted by atomic mass is 9.79. The number of carbonyl (C=O) groups excluding carboxylic acids is 1. The van der Waals surface area contributed by atoms with E-state index >= 15 is 0 Å². The molecule has 3 heterocycles. The van der Waals surface area contributed by atoms with Crippen molar-refractivity contribution in [2.24, 2.45) is 4.99 Å². The van der Waals surface area contributed by atoms with E-state index < -0.39 is 0 Å². The van der Waals surface area contributed by atoms with Crippen LogP contribution in [0.15, 0.2) is 41.8 Å². The van der Waals surface area contributed by atoms with Crippen LogP contribution in [0.3, 0.4) is 0 Å². The van der Waals surface area contributed by atoms with E-state index in [1.807, 2.05) is 28.7 Å². The van der Waals surface area contributed by atoms with Gasteiger partial charge in [-0.05, 0) is 29.9 Å². The van der Waals surface area contributed by atoms with Gasteiger partial charge in [0, 0.05) is 31.5 Å². The molecule has 0 saturated carbocycles. The second kappa shape index (κ2) is 7.26. The van der Waals surface area contributed by atoms with Crippen LogP contribution in [0.2, 0.25) is 0 Å². The van der Waals surface area contributed by atoms with Gasteiger partial charge in [0.15, 0.2) is 0 Å². The van der Waals surface area contributed by atoms with E-state index in [4.69, 9.17) is 4.74 Å². The maximum atomic E-state index is 12.8. The number of fused-ring (bicyclic) bond motifs is 3. The predicted octanol–water partition coefficient (Wildman–Crippen LogP) is 3.57. The number of aliphatic imine (C=N–C) groups is 1. The third-order valence-electron chi connectivity index (χ3n) is 5.72. The zero-order chi connectivity index (χ0) is 20.8. The molecule has 29 heavy (non-hydrogen) atoms. The molecule has 0 N–H and O–H groups in total. The zero-order valence-corrected chi connectivity index (χ0v) is 17.8. The molecule has 0 saturated heterocycles. The van der Waals surface area contributed by atoms with Crippen molar-refractivity contribution < 1.29 is 9.53 Å². The molecule has 152 valence electrons. The molecule has 0 aliphatic carbocycles. The Balaban J connectivity index is 1.81. The minimum atomic E-state index is -0.0989. The van der Waals surface area contributed by atoms with Crippen molar-refractivity contribution in [1.29, 1.82) is 0 Å². The van der Waals surface area contributed by atoms with Crippen molar-refractivity contribution in [3.8, 4) is 0 Å². The quantitative estimate of drug-likeness (QED) is 0.785. The summed E-state index contributed by atoms with van der Waals surface area (Å²) in [6, 6.07) is 6.41. The second-order valence-corrected chi connectivity index (χ2v) is 8.66. The average Bonchev–Trinajstić information content (AvgIpc) is 3.12. The zero-order valence-electron chi connectivity index (χ0n) is 17.8. The van der Waals surface area contributed by atoms with Gasteiger partial charge >= 0.3 is 0 Å². The summed E-state index contributed by atoms with van der Waals surface area (Å²) >= 11 is 0. The molecule has 0 radical (unpaired) electrons. The van der Waals surface area contributed by atoms with Crippen LogP contribution in [-0.2, 0) is 21.4 Å². The summed E-state index contributed by atoms with van der Waals surface area (Å²) in [6.07, 6.45) is 6.42. The Morgan fingerprint density at radius 2 is 2.03 bits per heavy atom. The molecule has 1 amide bonds. The number of methoxy groups -OCH3 is 1. The van der Waals surface area contributed by atoms with Crippen molar-refractivity contribution in [1.82, 2.24) is 14.5 Å². The highest BCUT2D eigenvalue weighted by Crippen LogP contribution is 2.36. The van der Waals surface area contributed by atoms with Crippen molar-refractivity contribution in [2.75, 3.05) is 20.2 Å². The first kappa shape index (κ1) is 19.6. The smallest absolute Gasteiger partial charge is 0.248 e. The molecule has 1 aromatic heterocycles. The number of imidazole rings is 1. The van der Waals surface area contributed by atoms with E-state index in [0.29, 0.717) is 12.4 Å². The Hall–Kier alpha value is -2.73. The van der Waals surface area contributed by atoms with Crippen LogP contribution in [0.25, 0.3) is 5.70 Å². The van der Waals surface area contributed by atoms with Crippen LogP contribution >= 0.6 is 0 Å². The molecule has 2 aliphatic heterocycles. The molecule has 0 bridgehead atoms. The summed E-state index contributed by atoms with van der Waals surface area (Å²) in [5.74, 6) is 0.746. The van der Waals surface area contributed by atoms with Crippen molar-refractivity contribution >= 4 is 17.4 Å². The van der Waals surface area contributed by atoms with Crippen molar-refractivity contribution in [3.63, 3.8) is 0 Å². The number of nitrogens with zero attached hydrogens (tertiary/aromatic N) is 4. The lowest BCUT2D eigenvalue weighted by Crippen LogP contribution is -2.36. The SMILES string of the molecule is CO[C@H](C)c1cn(C2=NCC(=O)N3CCc4c(cccc4C(C)(C)C)C3=C2)cn1. The monoisotopic (exact) mass is 392 g/mol. The van der Waals surface area contributed by atoms with Gasteiger partial charge in [-0.1, -0.05) is 39.0 Å². The number of amides is 1.